The summed E-state index contributed by atoms with van der Waals surface area (Å²) in [5.74, 6) is 1.43. The zero-order valence-electron chi connectivity index (χ0n) is 19.2. The molecule has 3 aromatic carbocycles. The quantitative estimate of drug-likeness (QED) is 0.413. The van der Waals surface area contributed by atoms with Crippen LogP contribution in [-0.4, -0.2) is 55.1 Å². The number of carbonyl (C=O) groups excluding carboxylic acids is 1. The van der Waals surface area contributed by atoms with Crippen LogP contribution in [0.1, 0.15) is 15.9 Å². The number of benzene rings is 3. The van der Waals surface area contributed by atoms with Crippen LogP contribution in [0.4, 0.5) is 5.13 Å². The first kappa shape index (κ1) is 22.4. The van der Waals surface area contributed by atoms with Crippen LogP contribution < -0.4 is 15.0 Å². The van der Waals surface area contributed by atoms with Gasteiger partial charge in [-0.05, 0) is 61.0 Å². The second-order valence-electron chi connectivity index (χ2n) is 8.49. The molecule has 4 aromatic rings. The maximum atomic E-state index is 12.5. The van der Waals surface area contributed by atoms with Crippen LogP contribution in [0.3, 0.4) is 0 Å². The number of hydrogen-bond acceptors (Lipinski definition) is 6. The summed E-state index contributed by atoms with van der Waals surface area (Å²) in [7, 11) is 0. The van der Waals surface area contributed by atoms with Crippen molar-refractivity contribution in [1.82, 2.24) is 15.2 Å². The summed E-state index contributed by atoms with van der Waals surface area (Å²) in [6.07, 6.45) is 0. The third-order valence-corrected chi connectivity index (χ3v) is 7.06. The van der Waals surface area contributed by atoms with E-state index >= 15 is 0 Å². The van der Waals surface area contributed by atoms with Crippen LogP contribution >= 0.6 is 11.3 Å². The van der Waals surface area contributed by atoms with E-state index in [0.29, 0.717) is 17.9 Å². The number of anilines is 1. The van der Waals surface area contributed by atoms with Gasteiger partial charge in [0.1, 0.15) is 11.5 Å². The van der Waals surface area contributed by atoms with Crippen LogP contribution in [0.15, 0.2) is 72.8 Å². The van der Waals surface area contributed by atoms with Gasteiger partial charge in [0.2, 0.25) is 0 Å². The van der Waals surface area contributed by atoms with Gasteiger partial charge in [0, 0.05) is 44.8 Å². The van der Waals surface area contributed by atoms with Gasteiger partial charge < -0.3 is 15.0 Å². The lowest BCUT2D eigenvalue weighted by Crippen LogP contribution is -2.48. The monoisotopic (exact) mass is 472 g/mol. The minimum absolute atomic E-state index is 0.0605. The number of piperazine rings is 1. The van der Waals surface area contributed by atoms with Gasteiger partial charge in [0.15, 0.2) is 5.13 Å². The first-order valence-corrected chi connectivity index (χ1v) is 12.4. The van der Waals surface area contributed by atoms with E-state index in [1.54, 1.807) is 23.5 Å². The van der Waals surface area contributed by atoms with Gasteiger partial charge in [-0.15, -0.1) is 0 Å². The molecular formula is C27H28N4O2S. The SMILES string of the molecule is Cc1ccc2nc(N3CCN(CCNC(=O)c4ccc(Oc5ccccc5)cc4)CC3)sc2c1. The van der Waals surface area contributed by atoms with E-state index in [9.17, 15) is 4.79 Å². The number of carbonyl (C=O) groups is 1. The van der Waals surface area contributed by atoms with Gasteiger partial charge in [-0.3, -0.25) is 9.69 Å². The molecular weight excluding hydrogens is 444 g/mol. The summed E-state index contributed by atoms with van der Waals surface area (Å²) in [6, 6.07) is 23.3. The van der Waals surface area contributed by atoms with E-state index in [1.165, 1.54) is 10.3 Å². The van der Waals surface area contributed by atoms with Crippen molar-refractivity contribution >= 4 is 32.6 Å². The van der Waals surface area contributed by atoms with Crippen molar-refractivity contribution in [3.8, 4) is 11.5 Å². The summed E-state index contributed by atoms with van der Waals surface area (Å²) in [4.78, 5) is 22.1. The Balaban J connectivity index is 1.06. The number of aromatic nitrogens is 1. The molecule has 0 radical (unpaired) electrons. The molecule has 174 valence electrons. The number of nitrogens with zero attached hydrogens (tertiary/aromatic N) is 3. The molecule has 1 aliphatic rings. The van der Waals surface area contributed by atoms with Crippen molar-refractivity contribution in [3.63, 3.8) is 0 Å². The van der Waals surface area contributed by atoms with Crippen molar-refractivity contribution < 1.29 is 9.53 Å². The fourth-order valence-electron chi connectivity index (χ4n) is 4.05. The first-order valence-electron chi connectivity index (χ1n) is 11.6. The van der Waals surface area contributed by atoms with Gasteiger partial charge in [-0.1, -0.05) is 35.6 Å². The minimum Gasteiger partial charge on any atom is -0.457 e. The van der Waals surface area contributed by atoms with E-state index in [2.05, 4.69) is 40.2 Å². The fraction of sp³-hybridized carbons (Fsp3) is 0.259. The van der Waals surface area contributed by atoms with Gasteiger partial charge in [-0.25, -0.2) is 4.98 Å². The molecule has 1 fully saturated rings. The predicted octanol–water partition coefficient (Wildman–Crippen LogP) is 4.95. The Morgan fingerprint density at radius 2 is 1.71 bits per heavy atom. The van der Waals surface area contributed by atoms with E-state index in [1.807, 2.05) is 42.5 Å². The number of hydrogen-bond donors (Lipinski definition) is 1. The molecule has 0 saturated carbocycles. The molecule has 1 aromatic heterocycles. The second-order valence-corrected chi connectivity index (χ2v) is 9.50. The molecule has 2 heterocycles. The standard InChI is InChI=1S/C27H28N4O2S/c1-20-7-12-24-25(19-20)34-27(29-24)31-17-15-30(16-18-31)14-13-28-26(32)21-8-10-23(11-9-21)33-22-5-3-2-4-6-22/h2-12,19H,13-18H2,1H3,(H,28,32). The molecule has 1 aliphatic heterocycles. The third-order valence-electron chi connectivity index (χ3n) is 5.98. The lowest BCUT2D eigenvalue weighted by molar-refractivity contribution is 0.0948. The molecule has 0 atom stereocenters. The molecule has 34 heavy (non-hydrogen) atoms. The van der Waals surface area contributed by atoms with E-state index in [0.717, 1.165) is 49.1 Å². The molecule has 0 bridgehead atoms. The Hall–Kier alpha value is -3.42. The fourth-order valence-corrected chi connectivity index (χ4v) is 5.16. The average molecular weight is 473 g/mol. The zero-order chi connectivity index (χ0) is 23.3. The van der Waals surface area contributed by atoms with Gasteiger partial charge in [0.25, 0.3) is 5.91 Å². The van der Waals surface area contributed by atoms with Crippen LogP contribution in [0.2, 0.25) is 0 Å². The maximum Gasteiger partial charge on any atom is 0.251 e. The molecule has 7 heteroatoms. The van der Waals surface area contributed by atoms with E-state index in [4.69, 9.17) is 9.72 Å². The Labute approximate surface area is 203 Å². The molecule has 1 saturated heterocycles. The number of nitrogens with one attached hydrogen (secondary N) is 1. The number of amides is 1. The summed E-state index contributed by atoms with van der Waals surface area (Å²) >= 11 is 1.77. The molecule has 0 unspecified atom stereocenters. The number of para-hydroxylation sites is 1. The highest BCUT2D eigenvalue weighted by Gasteiger charge is 2.20. The molecule has 1 amide bonds. The van der Waals surface area contributed by atoms with Gasteiger partial charge in [-0.2, -0.15) is 0 Å². The lowest BCUT2D eigenvalue weighted by Gasteiger charge is -2.34. The topological polar surface area (TPSA) is 57.7 Å². The Morgan fingerprint density at radius 3 is 2.47 bits per heavy atom. The number of aryl methyl sites for hydroxylation is 1. The van der Waals surface area contributed by atoms with Crippen LogP contribution in [0.25, 0.3) is 10.2 Å². The van der Waals surface area contributed by atoms with Crippen molar-refractivity contribution in [2.24, 2.45) is 0 Å². The van der Waals surface area contributed by atoms with Crippen LogP contribution in [-0.2, 0) is 0 Å². The summed E-state index contributed by atoms with van der Waals surface area (Å²) in [5.41, 5.74) is 2.98. The lowest BCUT2D eigenvalue weighted by atomic mass is 10.2. The maximum absolute atomic E-state index is 12.5. The molecule has 0 aliphatic carbocycles. The van der Waals surface area contributed by atoms with Crippen LogP contribution in [0.5, 0.6) is 11.5 Å². The van der Waals surface area contributed by atoms with E-state index in [-0.39, 0.29) is 5.91 Å². The van der Waals surface area contributed by atoms with Crippen molar-refractivity contribution in [3.05, 3.63) is 83.9 Å². The van der Waals surface area contributed by atoms with Gasteiger partial charge >= 0.3 is 0 Å². The molecule has 6 nitrogen and oxygen atoms in total. The van der Waals surface area contributed by atoms with E-state index < -0.39 is 0 Å². The number of rotatable bonds is 7. The summed E-state index contributed by atoms with van der Waals surface area (Å²) in [6.45, 7) is 7.43. The largest absolute Gasteiger partial charge is 0.457 e. The molecule has 1 N–H and O–H groups in total. The average Bonchev–Trinajstić information content (AvgIpc) is 3.29. The highest BCUT2D eigenvalue weighted by Crippen LogP contribution is 2.30. The predicted molar refractivity (Wildman–Crippen MR) is 138 cm³/mol. The Morgan fingerprint density at radius 1 is 0.971 bits per heavy atom. The Kier molecular flexibility index (Phi) is 6.74. The molecule has 5 rings (SSSR count). The number of fused-ring (bicyclic) bond motifs is 1. The Bertz CT molecular complexity index is 1250. The van der Waals surface area contributed by atoms with Crippen molar-refractivity contribution in [2.75, 3.05) is 44.2 Å². The normalized spacial score (nSPS) is 14.3. The highest BCUT2D eigenvalue weighted by molar-refractivity contribution is 7.22. The van der Waals surface area contributed by atoms with Gasteiger partial charge in [0.05, 0.1) is 10.2 Å². The van der Waals surface area contributed by atoms with Crippen LogP contribution in [0, 0.1) is 6.92 Å². The van der Waals surface area contributed by atoms with Crippen molar-refractivity contribution in [1.29, 1.82) is 0 Å². The first-order chi connectivity index (χ1) is 16.6. The number of thiazole rings is 1. The number of ether oxygens (including phenoxy) is 1. The minimum atomic E-state index is -0.0605. The third kappa shape index (κ3) is 5.38. The smallest absolute Gasteiger partial charge is 0.251 e. The second kappa shape index (κ2) is 10.2. The summed E-state index contributed by atoms with van der Waals surface area (Å²) in [5, 5.41) is 4.14. The summed E-state index contributed by atoms with van der Waals surface area (Å²) < 4.78 is 7.04. The molecule has 0 spiro atoms. The van der Waals surface area contributed by atoms with Crippen molar-refractivity contribution in [2.45, 2.75) is 6.92 Å². The highest BCUT2D eigenvalue weighted by atomic mass is 32.1. The zero-order valence-corrected chi connectivity index (χ0v) is 20.1.